The number of aliphatic hydroxyl groups excluding tert-OH is 1. The molecule has 2 aromatic rings. The number of carbonyl (C=O) groups is 1. The van der Waals surface area contributed by atoms with Crippen LogP contribution in [0.4, 0.5) is 0 Å². The summed E-state index contributed by atoms with van der Waals surface area (Å²) in [6.07, 6.45) is 4.30. The van der Waals surface area contributed by atoms with Gasteiger partial charge in [-0.3, -0.25) is 4.79 Å². The van der Waals surface area contributed by atoms with Gasteiger partial charge < -0.3 is 24.3 Å². The molecule has 0 spiro atoms. The Morgan fingerprint density at radius 1 is 1.29 bits per heavy atom. The van der Waals surface area contributed by atoms with E-state index >= 15 is 0 Å². The smallest absolute Gasteiger partial charge is 0.290 e. The molecule has 10 nitrogen and oxygen atoms in total. The highest BCUT2D eigenvalue weighted by Gasteiger charge is 2.24. The van der Waals surface area contributed by atoms with Crippen LogP contribution in [0.25, 0.3) is 11.4 Å². The van der Waals surface area contributed by atoms with Crippen LogP contribution >= 0.6 is 0 Å². The van der Waals surface area contributed by atoms with Crippen LogP contribution < -0.4 is 4.74 Å². The molecule has 1 saturated heterocycles. The predicted molar refractivity (Wildman–Crippen MR) is 114 cm³/mol. The number of nitrogens with zero attached hydrogens (tertiary/aromatic N) is 3. The number of carboxylic acid groups (broad SMARTS) is 1. The van der Waals surface area contributed by atoms with Crippen LogP contribution in [-0.4, -0.2) is 77.6 Å². The van der Waals surface area contributed by atoms with Gasteiger partial charge in [0.1, 0.15) is 11.6 Å². The number of benzene rings is 1. The normalized spacial score (nSPS) is 14.5. The van der Waals surface area contributed by atoms with E-state index in [4.69, 9.17) is 19.4 Å². The van der Waals surface area contributed by atoms with Crippen LogP contribution in [0.1, 0.15) is 18.9 Å². The lowest BCUT2D eigenvalue weighted by Crippen LogP contribution is -2.42. The molecule has 11 heteroatoms. The van der Waals surface area contributed by atoms with Gasteiger partial charge in [0, 0.05) is 43.2 Å². The van der Waals surface area contributed by atoms with E-state index in [0.717, 1.165) is 12.0 Å². The summed E-state index contributed by atoms with van der Waals surface area (Å²) in [7, 11) is -3.34. The average Bonchev–Trinajstić information content (AvgIpc) is 3.26. The molecule has 2 N–H and O–H groups in total. The molecular weight excluding hydrogens is 426 g/mol. The Labute approximate surface area is 182 Å². The second-order valence-corrected chi connectivity index (χ2v) is 8.79. The zero-order valence-electron chi connectivity index (χ0n) is 17.5. The fourth-order valence-electron chi connectivity index (χ4n) is 3.11. The van der Waals surface area contributed by atoms with Gasteiger partial charge in [0.05, 0.1) is 32.2 Å². The second-order valence-electron chi connectivity index (χ2n) is 6.71. The topological polar surface area (TPSA) is 131 Å². The first-order valence-corrected chi connectivity index (χ1v) is 11.6. The van der Waals surface area contributed by atoms with E-state index in [-0.39, 0.29) is 18.8 Å². The van der Waals surface area contributed by atoms with Crippen LogP contribution in [0.5, 0.6) is 5.75 Å². The van der Waals surface area contributed by atoms with Gasteiger partial charge in [0.25, 0.3) is 6.47 Å². The lowest BCUT2D eigenvalue weighted by atomic mass is 10.1. The first kappa shape index (κ1) is 24.8. The first-order valence-electron chi connectivity index (χ1n) is 9.98. The van der Waals surface area contributed by atoms with E-state index < -0.39 is 10.0 Å². The van der Waals surface area contributed by atoms with Crippen LogP contribution in [0.3, 0.4) is 0 Å². The molecule has 0 saturated carbocycles. The van der Waals surface area contributed by atoms with Gasteiger partial charge in [0.15, 0.2) is 0 Å². The standard InChI is InChI=1S/C19H27N3O5S.CH2O2/c1-2-10-27-18-4-3-16(14-17(18)15-23)19-20-5-6-21(19)9-13-28(24,25)22-7-11-26-12-8-22;2-1-3/h3-6,14,23H,2,7-13,15H2,1H3;1H,(H,2,3). The summed E-state index contributed by atoms with van der Waals surface area (Å²) in [5.41, 5.74) is 1.49. The number of sulfonamides is 1. The third-order valence-electron chi connectivity index (χ3n) is 4.62. The molecular formula is C20H29N3O7S. The number of rotatable bonds is 9. The zero-order valence-corrected chi connectivity index (χ0v) is 18.3. The zero-order chi connectivity index (χ0) is 22.7. The number of aliphatic hydroxyl groups is 1. The number of aryl methyl sites for hydroxylation is 1. The van der Waals surface area contributed by atoms with Gasteiger partial charge in [-0.25, -0.2) is 13.4 Å². The van der Waals surface area contributed by atoms with Crippen LogP contribution in [-0.2, 0) is 32.7 Å². The molecule has 1 aromatic carbocycles. The molecule has 0 radical (unpaired) electrons. The Bertz CT molecular complexity index is 925. The number of hydrogen-bond donors (Lipinski definition) is 2. The Morgan fingerprint density at radius 2 is 2.00 bits per heavy atom. The maximum absolute atomic E-state index is 12.6. The van der Waals surface area contributed by atoms with Crippen molar-refractivity contribution in [2.45, 2.75) is 26.5 Å². The number of imidazole rings is 1. The van der Waals surface area contributed by atoms with E-state index in [1.807, 2.05) is 29.7 Å². The summed E-state index contributed by atoms with van der Waals surface area (Å²) in [5.74, 6) is 1.32. The molecule has 31 heavy (non-hydrogen) atoms. The van der Waals surface area contributed by atoms with E-state index in [9.17, 15) is 13.5 Å². The van der Waals surface area contributed by atoms with Gasteiger partial charge in [-0.2, -0.15) is 4.31 Å². The quantitative estimate of drug-likeness (QED) is 0.539. The van der Waals surface area contributed by atoms with Crippen LogP contribution in [0.2, 0.25) is 0 Å². The van der Waals surface area contributed by atoms with E-state index in [1.54, 1.807) is 12.4 Å². The summed E-state index contributed by atoms with van der Waals surface area (Å²) in [6.45, 7) is 4.19. The van der Waals surface area contributed by atoms with E-state index in [0.29, 0.717) is 56.6 Å². The van der Waals surface area contributed by atoms with E-state index in [2.05, 4.69) is 4.98 Å². The number of aromatic nitrogens is 2. The molecule has 1 aromatic heterocycles. The van der Waals surface area contributed by atoms with Crippen molar-refractivity contribution in [3.8, 4) is 17.1 Å². The molecule has 0 bridgehead atoms. The van der Waals surface area contributed by atoms with Crippen molar-refractivity contribution in [3.05, 3.63) is 36.2 Å². The fourth-order valence-corrected chi connectivity index (χ4v) is 4.50. The van der Waals surface area contributed by atoms with Crippen molar-refractivity contribution in [1.29, 1.82) is 0 Å². The summed E-state index contributed by atoms with van der Waals surface area (Å²) >= 11 is 0. The average molecular weight is 456 g/mol. The molecule has 2 heterocycles. The predicted octanol–water partition coefficient (Wildman–Crippen LogP) is 1.19. The molecule has 1 fully saturated rings. The van der Waals surface area contributed by atoms with Crippen LogP contribution in [0, 0.1) is 0 Å². The number of hydrogen-bond acceptors (Lipinski definition) is 7. The molecule has 0 amide bonds. The Balaban J connectivity index is 0.00000107. The monoisotopic (exact) mass is 455 g/mol. The van der Waals surface area contributed by atoms with E-state index in [1.165, 1.54) is 4.31 Å². The van der Waals surface area contributed by atoms with Crippen molar-refractivity contribution in [2.24, 2.45) is 0 Å². The summed E-state index contributed by atoms with van der Waals surface area (Å²) < 4.78 is 39.3. The molecule has 0 aliphatic carbocycles. The van der Waals surface area contributed by atoms with Crippen molar-refractivity contribution in [2.75, 3.05) is 38.7 Å². The summed E-state index contributed by atoms with van der Waals surface area (Å²) in [4.78, 5) is 12.7. The Morgan fingerprint density at radius 3 is 2.65 bits per heavy atom. The second kappa shape index (κ2) is 12.4. The van der Waals surface area contributed by atoms with Gasteiger partial charge in [-0.05, 0) is 24.6 Å². The number of ether oxygens (including phenoxy) is 2. The highest BCUT2D eigenvalue weighted by molar-refractivity contribution is 7.89. The van der Waals surface area contributed by atoms with Gasteiger partial charge in [-0.1, -0.05) is 6.92 Å². The highest BCUT2D eigenvalue weighted by atomic mass is 32.2. The van der Waals surface area contributed by atoms with Crippen molar-refractivity contribution < 1.29 is 32.9 Å². The third-order valence-corrected chi connectivity index (χ3v) is 6.47. The lowest BCUT2D eigenvalue weighted by Gasteiger charge is -2.26. The molecule has 172 valence electrons. The van der Waals surface area contributed by atoms with Gasteiger partial charge in [0.2, 0.25) is 10.0 Å². The van der Waals surface area contributed by atoms with Gasteiger partial charge in [-0.15, -0.1) is 0 Å². The SMILES string of the molecule is CCCOc1ccc(-c2nccn2CCS(=O)(=O)N2CCOCC2)cc1CO.O=CO. The van der Waals surface area contributed by atoms with Crippen molar-refractivity contribution in [3.63, 3.8) is 0 Å². The molecule has 1 aliphatic rings. The maximum atomic E-state index is 12.6. The Hall–Kier alpha value is -2.47. The Kier molecular flexibility index (Phi) is 9.92. The van der Waals surface area contributed by atoms with Crippen molar-refractivity contribution >= 4 is 16.5 Å². The van der Waals surface area contributed by atoms with Gasteiger partial charge >= 0.3 is 0 Å². The molecule has 1 aliphatic heterocycles. The summed E-state index contributed by atoms with van der Waals surface area (Å²) in [6, 6.07) is 5.53. The minimum atomic E-state index is -3.34. The molecule has 0 unspecified atom stereocenters. The third kappa shape index (κ3) is 7.03. The minimum Gasteiger partial charge on any atom is -0.493 e. The number of morpholine rings is 1. The lowest BCUT2D eigenvalue weighted by molar-refractivity contribution is -0.122. The maximum Gasteiger partial charge on any atom is 0.290 e. The van der Waals surface area contributed by atoms with Crippen LogP contribution in [0.15, 0.2) is 30.6 Å². The fraction of sp³-hybridized carbons (Fsp3) is 0.500. The van der Waals surface area contributed by atoms with Crippen molar-refractivity contribution in [1.82, 2.24) is 13.9 Å². The summed E-state index contributed by atoms with van der Waals surface area (Å²) in [5, 5.41) is 16.5. The molecule has 0 atom stereocenters. The molecule has 3 rings (SSSR count). The first-order chi connectivity index (χ1) is 15.0. The highest BCUT2D eigenvalue weighted by Crippen LogP contribution is 2.26. The minimum absolute atomic E-state index is 0.000905. The largest absolute Gasteiger partial charge is 0.493 e.